The third-order valence-corrected chi connectivity index (χ3v) is 6.63. The molecule has 3 heterocycles. The molecule has 2 aliphatic rings. The molecule has 2 aromatic rings. The number of anilines is 1. The van der Waals surface area contributed by atoms with Gasteiger partial charge in [-0.05, 0) is 24.5 Å². The van der Waals surface area contributed by atoms with Crippen LogP contribution in [0, 0.1) is 5.92 Å². The van der Waals surface area contributed by atoms with Gasteiger partial charge in [-0.2, -0.15) is 0 Å². The van der Waals surface area contributed by atoms with E-state index in [1.807, 2.05) is 19.3 Å². The van der Waals surface area contributed by atoms with Crippen molar-refractivity contribution in [1.29, 1.82) is 0 Å². The van der Waals surface area contributed by atoms with Gasteiger partial charge in [-0.1, -0.05) is 36.4 Å². The summed E-state index contributed by atoms with van der Waals surface area (Å²) < 4.78 is 0. The summed E-state index contributed by atoms with van der Waals surface area (Å²) in [4.78, 5) is 27.8. The minimum absolute atomic E-state index is 0. The lowest BCUT2D eigenvalue weighted by Crippen LogP contribution is -2.52. The highest BCUT2D eigenvalue weighted by Crippen LogP contribution is 2.24. The molecule has 0 atom stereocenters. The molecule has 8 nitrogen and oxygen atoms in total. The van der Waals surface area contributed by atoms with E-state index in [1.165, 1.54) is 5.56 Å². The number of aromatic nitrogens is 1. The maximum Gasteiger partial charge on any atom is 0.220 e. The van der Waals surface area contributed by atoms with Crippen molar-refractivity contribution in [3.8, 4) is 0 Å². The molecule has 1 aromatic heterocycles. The summed E-state index contributed by atoms with van der Waals surface area (Å²) in [6, 6.07) is 14.7. The van der Waals surface area contributed by atoms with Crippen LogP contribution in [0.2, 0.25) is 0 Å². The van der Waals surface area contributed by atoms with Gasteiger partial charge in [-0.25, -0.2) is 4.98 Å². The first-order chi connectivity index (χ1) is 16.1. The number of halogens is 1. The van der Waals surface area contributed by atoms with Crippen LogP contribution in [0.1, 0.15) is 24.0 Å². The SMILES string of the molecule is CN=C(NCc1cccnc1N1CCC(C(N)=O)CC1)N1CCN(Cc2ccccc2)CC1.I. The maximum absolute atomic E-state index is 11.5. The van der Waals surface area contributed by atoms with E-state index in [4.69, 9.17) is 5.73 Å². The maximum atomic E-state index is 11.5. The number of nitrogens with two attached hydrogens (primary N) is 1. The van der Waals surface area contributed by atoms with Gasteiger partial charge in [-0.3, -0.25) is 14.7 Å². The van der Waals surface area contributed by atoms with Crippen molar-refractivity contribution in [2.24, 2.45) is 16.6 Å². The summed E-state index contributed by atoms with van der Waals surface area (Å²) in [7, 11) is 1.84. The van der Waals surface area contributed by atoms with Gasteiger partial charge in [0.05, 0.1) is 0 Å². The summed E-state index contributed by atoms with van der Waals surface area (Å²) in [5.74, 6) is 1.70. The molecule has 1 aromatic carbocycles. The number of nitrogens with one attached hydrogen (secondary N) is 1. The quantitative estimate of drug-likeness (QED) is 0.311. The third-order valence-electron chi connectivity index (χ3n) is 6.63. The Hall–Kier alpha value is -2.40. The molecule has 0 radical (unpaired) electrons. The Bertz CT molecular complexity index is 939. The summed E-state index contributed by atoms with van der Waals surface area (Å²) in [5.41, 5.74) is 7.99. The highest BCUT2D eigenvalue weighted by atomic mass is 127. The summed E-state index contributed by atoms with van der Waals surface area (Å²) in [5, 5.41) is 3.54. The number of amides is 1. The van der Waals surface area contributed by atoms with E-state index in [0.29, 0.717) is 6.54 Å². The third kappa shape index (κ3) is 6.82. The van der Waals surface area contributed by atoms with E-state index < -0.39 is 0 Å². The minimum atomic E-state index is -0.190. The lowest BCUT2D eigenvalue weighted by Gasteiger charge is -2.37. The standard InChI is InChI=1S/C25H35N7O.HI/c1-27-25(32-16-14-30(15-17-32)19-20-6-3-2-4-7-20)29-18-22-8-5-11-28-24(22)31-12-9-21(10-13-31)23(26)33;/h2-8,11,21H,9-10,12-19H2,1H3,(H2,26,33)(H,27,29);1H. The second kappa shape index (κ2) is 12.9. The van der Waals surface area contributed by atoms with Crippen LogP contribution < -0.4 is 16.0 Å². The van der Waals surface area contributed by atoms with Crippen LogP contribution in [0.5, 0.6) is 0 Å². The predicted octanol–water partition coefficient (Wildman–Crippen LogP) is 2.29. The summed E-state index contributed by atoms with van der Waals surface area (Å²) in [6.45, 7) is 7.19. The number of piperidine rings is 1. The van der Waals surface area contributed by atoms with Gasteiger partial charge in [-0.15, -0.1) is 24.0 Å². The number of guanidine groups is 1. The Morgan fingerprint density at radius 2 is 1.76 bits per heavy atom. The van der Waals surface area contributed by atoms with Crippen LogP contribution in [0.25, 0.3) is 0 Å². The first kappa shape index (κ1) is 26.2. The largest absolute Gasteiger partial charge is 0.369 e. The number of primary amides is 1. The van der Waals surface area contributed by atoms with E-state index >= 15 is 0 Å². The fraction of sp³-hybridized carbons (Fsp3) is 0.480. The molecule has 0 bridgehead atoms. The lowest BCUT2D eigenvalue weighted by molar-refractivity contribution is -0.122. The molecular formula is C25H36IN7O. The topological polar surface area (TPSA) is 90.1 Å². The second-order valence-corrected chi connectivity index (χ2v) is 8.80. The Morgan fingerprint density at radius 3 is 2.41 bits per heavy atom. The number of aliphatic imine (C=N–C) groups is 1. The zero-order valence-electron chi connectivity index (χ0n) is 19.9. The number of benzene rings is 1. The monoisotopic (exact) mass is 577 g/mol. The van der Waals surface area contributed by atoms with Gasteiger partial charge in [0, 0.05) is 77.1 Å². The van der Waals surface area contributed by atoms with E-state index in [0.717, 1.165) is 76.0 Å². The molecule has 2 fully saturated rings. The van der Waals surface area contributed by atoms with Crippen molar-refractivity contribution in [2.45, 2.75) is 25.9 Å². The first-order valence-electron chi connectivity index (χ1n) is 11.8. The van der Waals surface area contributed by atoms with Gasteiger partial charge in [0.1, 0.15) is 5.82 Å². The minimum Gasteiger partial charge on any atom is -0.369 e. The van der Waals surface area contributed by atoms with E-state index in [2.05, 4.69) is 66.4 Å². The van der Waals surface area contributed by atoms with Crippen LogP contribution in [0.4, 0.5) is 5.82 Å². The smallest absolute Gasteiger partial charge is 0.220 e. The Morgan fingerprint density at radius 1 is 1.06 bits per heavy atom. The Kier molecular flexibility index (Phi) is 9.94. The fourth-order valence-corrected chi connectivity index (χ4v) is 4.69. The Balaban J connectivity index is 0.00000324. The molecule has 2 saturated heterocycles. The zero-order chi connectivity index (χ0) is 23.0. The molecule has 2 aliphatic heterocycles. The van der Waals surface area contributed by atoms with Crippen LogP contribution in [-0.4, -0.2) is 73.0 Å². The van der Waals surface area contributed by atoms with Gasteiger partial charge in [0.2, 0.25) is 5.91 Å². The molecule has 0 saturated carbocycles. The number of rotatable bonds is 6. The molecule has 3 N–H and O–H groups in total. The molecule has 9 heteroatoms. The van der Waals surface area contributed by atoms with Crippen LogP contribution in [0.15, 0.2) is 53.7 Å². The summed E-state index contributed by atoms with van der Waals surface area (Å²) in [6.07, 6.45) is 3.40. The number of carbonyl (C=O) groups is 1. The van der Waals surface area contributed by atoms with Crippen LogP contribution in [-0.2, 0) is 17.9 Å². The van der Waals surface area contributed by atoms with Gasteiger partial charge in [0.15, 0.2) is 5.96 Å². The van der Waals surface area contributed by atoms with Crippen molar-refractivity contribution in [3.63, 3.8) is 0 Å². The molecule has 0 spiro atoms. The van der Waals surface area contributed by atoms with Crippen molar-refractivity contribution in [3.05, 3.63) is 59.8 Å². The van der Waals surface area contributed by atoms with E-state index in [1.54, 1.807) is 0 Å². The molecule has 4 rings (SSSR count). The van der Waals surface area contributed by atoms with E-state index in [-0.39, 0.29) is 35.8 Å². The molecule has 184 valence electrons. The first-order valence-corrected chi connectivity index (χ1v) is 11.8. The highest BCUT2D eigenvalue weighted by molar-refractivity contribution is 14.0. The normalized spacial score (nSPS) is 17.9. The molecular weight excluding hydrogens is 541 g/mol. The van der Waals surface area contributed by atoms with E-state index in [9.17, 15) is 4.79 Å². The number of hydrogen-bond donors (Lipinski definition) is 2. The number of pyridine rings is 1. The lowest BCUT2D eigenvalue weighted by atomic mass is 9.96. The van der Waals surface area contributed by atoms with Crippen molar-refractivity contribution in [2.75, 3.05) is 51.2 Å². The second-order valence-electron chi connectivity index (χ2n) is 8.80. The van der Waals surface area contributed by atoms with Gasteiger partial charge in [0.25, 0.3) is 0 Å². The average Bonchev–Trinajstić information content (AvgIpc) is 2.86. The van der Waals surface area contributed by atoms with Crippen molar-refractivity contribution < 1.29 is 4.79 Å². The van der Waals surface area contributed by atoms with Gasteiger partial charge < -0.3 is 20.9 Å². The van der Waals surface area contributed by atoms with Crippen LogP contribution >= 0.6 is 24.0 Å². The molecule has 34 heavy (non-hydrogen) atoms. The molecule has 0 aliphatic carbocycles. The van der Waals surface area contributed by atoms with Gasteiger partial charge >= 0.3 is 0 Å². The highest BCUT2D eigenvalue weighted by Gasteiger charge is 2.25. The average molecular weight is 578 g/mol. The fourth-order valence-electron chi connectivity index (χ4n) is 4.69. The number of piperazine rings is 1. The summed E-state index contributed by atoms with van der Waals surface area (Å²) >= 11 is 0. The molecule has 1 amide bonds. The van der Waals surface area contributed by atoms with Crippen molar-refractivity contribution >= 4 is 41.7 Å². The zero-order valence-corrected chi connectivity index (χ0v) is 22.2. The number of nitrogens with zero attached hydrogens (tertiary/aromatic N) is 5. The number of hydrogen-bond acceptors (Lipinski definition) is 5. The van der Waals surface area contributed by atoms with Crippen LogP contribution in [0.3, 0.4) is 0 Å². The molecule has 0 unspecified atom stereocenters. The number of carbonyl (C=O) groups excluding carboxylic acids is 1. The predicted molar refractivity (Wildman–Crippen MR) is 147 cm³/mol. The van der Waals surface area contributed by atoms with Crippen molar-refractivity contribution in [1.82, 2.24) is 20.1 Å². The Labute approximate surface area is 219 Å².